The van der Waals surface area contributed by atoms with E-state index >= 15 is 0 Å². The number of halogens is 1. The maximum atomic E-state index is 11.9. The maximum absolute atomic E-state index is 11.9. The van der Waals surface area contributed by atoms with Gasteiger partial charge in [-0.25, -0.2) is 9.79 Å². The highest BCUT2D eigenvalue weighted by Crippen LogP contribution is 2.23. The zero-order valence-electron chi connectivity index (χ0n) is 19.7. The van der Waals surface area contributed by atoms with E-state index in [9.17, 15) is 4.79 Å². The van der Waals surface area contributed by atoms with Gasteiger partial charge in [-0.1, -0.05) is 42.1 Å². The van der Waals surface area contributed by atoms with Gasteiger partial charge in [-0.15, -0.1) is 24.0 Å². The molecule has 0 aliphatic heterocycles. The number of ether oxygens (including phenoxy) is 3. The number of carbonyl (C=O) groups excluding carboxylic acids is 1. The van der Waals surface area contributed by atoms with Crippen LogP contribution in [0.3, 0.4) is 0 Å². The molecular weight excluding hydrogens is 563 g/mol. The fraction of sp³-hybridized carbons (Fsp3) is 0.231. The molecule has 3 aromatic rings. The molecule has 0 saturated heterocycles. The molecule has 180 valence electrons. The molecule has 6 nitrogen and oxygen atoms in total. The van der Waals surface area contributed by atoms with E-state index in [0.717, 1.165) is 27.8 Å². The molecule has 0 bridgehead atoms. The number of hydrogen-bond donors (Lipinski definition) is 0. The number of hydrogen-bond acceptors (Lipinski definition) is 6. The van der Waals surface area contributed by atoms with Crippen LogP contribution in [0.5, 0.6) is 11.5 Å². The van der Waals surface area contributed by atoms with Crippen LogP contribution in [-0.4, -0.2) is 43.6 Å². The van der Waals surface area contributed by atoms with Crippen molar-refractivity contribution >= 4 is 52.6 Å². The van der Waals surface area contributed by atoms with Crippen LogP contribution in [0.2, 0.25) is 0 Å². The average molecular weight is 592 g/mol. The lowest BCUT2D eigenvalue weighted by Gasteiger charge is -2.26. The Morgan fingerprint density at radius 2 is 1.38 bits per heavy atom. The predicted octanol–water partition coefficient (Wildman–Crippen LogP) is 6.16. The van der Waals surface area contributed by atoms with Crippen molar-refractivity contribution in [3.8, 4) is 11.5 Å². The Morgan fingerprint density at radius 3 is 1.82 bits per heavy atom. The molecule has 3 rings (SSSR count). The summed E-state index contributed by atoms with van der Waals surface area (Å²) in [4.78, 5) is 19.0. The molecule has 0 radical (unpaired) electrons. The van der Waals surface area contributed by atoms with Crippen LogP contribution in [0.25, 0.3) is 0 Å². The summed E-state index contributed by atoms with van der Waals surface area (Å²) < 4.78 is 15.4. The normalized spacial score (nSPS) is 10.8. The largest absolute Gasteiger partial charge is 0.497 e. The number of carbonyl (C=O) groups is 1. The van der Waals surface area contributed by atoms with Gasteiger partial charge < -0.3 is 19.1 Å². The van der Waals surface area contributed by atoms with E-state index in [0.29, 0.717) is 24.3 Å². The lowest BCUT2D eigenvalue weighted by Crippen LogP contribution is -2.27. The van der Waals surface area contributed by atoms with Crippen molar-refractivity contribution in [2.75, 3.05) is 27.6 Å². The third kappa shape index (κ3) is 7.66. The molecule has 0 aromatic heterocycles. The monoisotopic (exact) mass is 592 g/mol. The van der Waals surface area contributed by atoms with Crippen molar-refractivity contribution in [2.24, 2.45) is 4.99 Å². The van der Waals surface area contributed by atoms with Crippen LogP contribution in [-0.2, 0) is 17.8 Å². The standard InChI is InChI=1S/C26H28N2O4S.HI/c1-30-23-12-8-19(9-13-23)17-28(18-20-10-14-24(31-2)15-11-20)26(33-4)27-22-7-5-6-21(16-22)25(29)32-3;/h5-16H,17-18H2,1-4H3;1H. The molecule has 0 aliphatic carbocycles. The van der Waals surface area contributed by atoms with Gasteiger partial charge in [0.2, 0.25) is 0 Å². The van der Waals surface area contributed by atoms with E-state index in [-0.39, 0.29) is 29.9 Å². The molecule has 8 heteroatoms. The SMILES string of the molecule is COC(=O)c1cccc(N=C(SC)N(Cc2ccc(OC)cc2)Cc2ccc(OC)cc2)c1.I. The topological polar surface area (TPSA) is 60.4 Å². The van der Waals surface area contributed by atoms with E-state index in [4.69, 9.17) is 19.2 Å². The van der Waals surface area contributed by atoms with Crippen LogP contribution < -0.4 is 9.47 Å². The molecule has 0 fully saturated rings. The summed E-state index contributed by atoms with van der Waals surface area (Å²) in [6, 6.07) is 23.2. The second-order valence-electron chi connectivity index (χ2n) is 7.19. The summed E-state index contributed by atoms with van der Waals surface area (Å²) in [7, 11) is 4.69. The molecule has 0 heterocycles. The van der Waals surface area contributed by atoms with Crippen LogP contribution >= 0.6 is 35.7 Å². The predicted molar refractivity (Wildman–Crippen MR) is 149 cm³/mol. The Kier molecular flexibility index (Phi) is 11.2. The molecule has 0 amide bonds. The lowest BCUT2D eigenvalue weighted by atomic mass is 10.1. The molecule has 0 aliphatic rings. The van der Waals surface area contributed by atoms with Gasteiger partial charge in [-0.05, 0) is 59.8 Å². The number of methoxy groups -OCH3 is 3. The van der Waals surface area contributed by atoms with E-state index in [1.807, 2.05) is 36.6 Å². The van der Waals surface area contributed by atoms with Crippen LogP contribution in [0.4, 0.5) is 5.69 Å². The van der Waals surface area contributed by atoms with Gasteiger partial charge in [0, 0.05) is 13.1 Å². The zero-order valence-corrected chi connectivity index (χ0v) is 22.8. The molecule has 0 spiro atoms. The quantitative estimate of drug-likeness (QED) is 0.135. The summed E-state index contributed by atoms with van der Waals surface area (Å²) in [5.41, 5.74) is 3.43. The number of thioether (sulfide) groups is 1. The van der Waals surface area contributed by atoms with Crippen molar-refractivity contribution in [1.29, 1.82) is 0 Å². The van der Waals surface area contributed by atoms with E-state index in [2.05, 4.69) is 29.2 Å². The summed E-state index contributed by atoms with van der Waals surface area (Å²) in [5.74, 6) is 1.25. The Hall–Kier alpha value is -2.72. The van der Waals surface area contributed by atoms with E-state index in [1.54, 1.807) is 44.2 Å². The smallest absolute Gasteiger partial charge is 0.337 e. The Morgan fingerprint density at radius 1 is 0.853 bits per heavy atom. The minimum atomic E-state index is -0.383. The third-order valence-corrected chi connectivity index (χ3v) is 5.72. The van der Waals surface area contributed by atoms with Crippen LogP contribution in [0, 0.1) is 0 Å². The first-order valence-electron chi connectivity index (χ1n) is 10.4. The highest BCUT2D eigenvalue weighted by atomic mass is 127. The number of nitrogens with zero attached hydrogens (tertiary/aromatic N) is 2. The van der Waals surface area contributed by atoms with Gasteiger partial charge in [0.15, 0.2) is 5.17 Å². The maximum Gasteiger partial charge on any atom is 0.337 e. The fourth-order valence-electron chi connectivity index (χ4n) is 3.27. The highest BCUT2D eigenvalue weighted by molar-refractivity contribution is 14.0. The number of rotatable bonds is 8. The van der Waals surface area contributed by atoms with Crippen molar-refractivity contribution in [3.05, 3.63) is 89.5 Å². The van der Waals surface area contributed by atoms with Crippen LogP contribution in [0.15, 0.2) is 77.8 Å². The van der Waals surface area contributed by atoms with E-state index in [1.165, 1.54) is 7.11 Å². The first kappa shape index (κ1) is 27.5. The van der Waals surface area contributed by atoms with Gasteiger partial charge in [0.05, 0.1) is 32.6 Å². The molecule has 0 N–H and O–H groups in total. The Bertz CT molecular complexity index is 1040. The second-order valence-corrected chi connectivity index (χ2v) is 7.97. The number of esters is 1. The minimum Gasteiger partial charge on any atom is -0.497 e. The van der Waals surface area contributed by atoms with Crippen molar-refractivity contribution in [3.63, 3.8) is 0 Å². The third-order valence-electron chi connectivity index (χ3n) is 5.01. The number of amidine groups is 1. The zero-order chi connectivity index (χ0) is 23.6. The molecular formula is C26H29IN2O4S. The van der Waals surface area contributed by atoms with Gasteiger partial charge in [-0.3, -0.25) is 0 Å². The number of aliphatic imine (C=N–C) groups is 1. The van der Waals surface area contributed by atoms with E-state index < -0.39 is 0 Å². The van der Waals surface area contributed by atoms with Gasteiger partial charge in [0.25, 0.3) is 0 Å². The molecule has 3 aromatic carbocycles. The fourth-order valence-corrected chi connectivity index (χ4v) is 3.85. The van der Waals surface area contributed by atoms with Crippen molar-refractivity contribution < 1.29 is 19.0 Å². The lowest BCUT2D eigenvalue weighted by molar-refractivity contribution is 0.0600. The number of benzene rings is 3. The van der Waals surface area contributed by atoms with Gasteiger partial charge in [-0.2, -0.15) is 0 Å². The summed E-state index contributed by atoms with van der Waals surface area (Å²) in [6.45, 7) is 1.32. The minimum absolute atomic E-state index is 0. The van der Waals surface area contributed by atoms with Crippen molar-refractivity contribution in [2.45, 2.75) is 13.1 Å². The first-order chi connectivity index (χ1) is 16.1. The first-order valence-corrected chi connectivity index (χ1v) is 11.6. The molecule has 0 saturated carbocycles. The molecule has 34 heavy (non-hydrogen) atoms. The van der Waals surface area contributed by atoms with Crippen LogP contribution in [0.1, 0.15) is 21.5 Å². The second kappa shape index (κ2) is 13.9. The Balaban J connectivity index is 0.00000408. The van der Waals surface area contributed by atoms with Crippen molar-refractivity contribution in [1.82, 2.24) is 4.90 Å². The van der Waals surface area contributed by atoms with Gasteiger partial charge in [0.1, 0.15) is 11.5 Å². The summed E-state index contributed by atoms with van der Waals surface area (Å²) in [5, 5.41) is 0.837. The van der Waals surface area contributed by atoms with Gasteiger partial charge >= 0.3 is 5.97 Å². The average Bonchev–Trinajstić information content (AvgIpc) is 2.87. The summed E-state index contributed by atoms with van der Waals surface area (Å²) in [6.07, 6.45) is 2.00. The highest BCUT2D eigenvalue weighted by Gasteiger charge is 2.14. The molecule has 0 atom stereocenters. The molecule has 0 unspecified atom stereocenters. The Labute approximate surface area is 222 Å². The summed E-state index contributed by atoms with van der Waals surface area (Å²) >= 11 is 1.56.